The van der Waals surface area contributed by atoms with Gasteiger partial charge in [0, 0.05) is 37.3 Å². The Morgan fingerprint density at radius 2 is 0.696 bits per heavy atom. The van der Waals surface area contributed by atoms with Crippen molar-refractivity contribution in [2.24, 2.45) is 0 Å². The minimum atomic E-state index is -4.99. The van der Waals surface area contributed by atoms with Crippen molar-refractivity contribution in [2.75, 3.05) is 20.0 Å². The van der Waals surface area contributed by atoms with Crippen molar-refractivity contribution in [1.29, 1.82) is 0 Å². The number of carboxylic acid groups (broad SMARTS) is 1. The lowest BCUT2D eigenvalue weighted by atomic mass is 10.1. The number of nitrogens with zero attached hydrogens (tertiary/aromatic N) is 3. The lowest BCUT2D eigenvalue weighted by molar-refractivity contribution is -0.140. The number of hydrogen-bond acceptors (Lipinski definition) is 12. The zero-order valence-corrected chi connectivity index (χ0v) is 56.8. The number of hydrogen-bond donors (Lipinski definition) is 2. The monoisotopic (exact) mass is 1520 g/mol. The van der Waals surface area contributed by atoms with E-state index < -0.39 is 114 Å². The van der Waals surface area contributed by atoms with Crippen molar-refractivity contribution in [1.82, 2.24) is 5.32 Å². The second-order valence-electron chi connectivity index (χ2n) is 21.8. The molecule has 0 unspecified atom stereocenters. The number of sulfonamides is 3. The van der Waals surface area contributed by atoms with E-state index in [-0.39, 0.29) is 63.1 Å². The number of halogens is 12. The summed E-state index contributed by atoms with van der Waals surface area (Å²) in [7, 11) is -11.6. The van der Waals surface area contributed by atoms with Gasteiger partial charge in [-0.15, -0.1) is 34.0 Å². The number of fused-ring (bicyclic) bond motifs is 3. The van der Waals surface area contributed by atoms with E-state index in [1.165, 1.54) is 85.9 Å². The normalized spacial score (nSPS) is 12.1. The number of nitrogens with one attached hydrogen (secondary N) is 1. The maximum absolute atomic E-state index is 13.9. The van der Waals surface area contributed by atoms with E-state index in [1.54, 1.807) is 84.9 Å². The van der Waals surface area contributed by atoms with Crippen LogP contribution in [0, 0.1) is 17.5 Å². The van der Waals surface area contributed by atoms with E-state index in [0.29, 0.717) is 72.9 Å². The second-order valence-corrected chi connectivity index (χ2v) is 30.5. The molecule has 3 aromatic heterocycles. The number of carboxylic acids is 1. The van der Waals surface area contributed by atoms with E-state index in [2.05, 4.69) is 5.32 Å². The van der Waals surface area contributed by atoms with Gasteiger partial charge in [0.15, 0.2) is 6.29 Å². The zero-order valence-electron chi connectivity index (χ0n) is 51.9. The first-order valence-corrected chi connectivity index (χ1v) is 36.2. The standard InChI is InChI=1S/C24H18F4N2O3S2.C23H15F4NO4S2.C23H15F4NO3S2/c1-29-22(31)21-17-9-5-6-10-20(17)34-23(21)30(35(32,33)16-7-3-2-4-8-16)14-15-11-12-19(25)18(13-15)24(26,27)28;24-18-11-10-14(12-17(18)23(25,26)27)13-28(34(31,32)15-6-2-1-3-7-15)21-20(22(29)30)16-8-4-5-9-19(16)33-21;24-20-11-10-15(12-19(20)23(25,26)27)13-28(33(30,31)16-6-2-1-3-7-16)22-18(14-29)17-8-4-5-9-21(17)32-22/h2-13H,14H2,1H3,(H,29,31);1-12H,13H2,(H,29,30);1-12,14H,13H2. The lowest BCUT2D eigenvalue weighted by Gasteiger charge is -2.25. The van der Waals surface area contributed by atoms with Crippen molar-refractivity contribution in [3.05, 3.63) is 286 Å². The fourth-order valence-corrected chi connectivity index (χ4v) is 19.1. The van der Waals surface area contributed by atoms with Crippen LogP contribution in [0.2, 0.25) is 0 Å². The summed E-state index contributed by atoms with van der Waals surface area (Å²) >= 11 is 2.93. The van der Waals surface area contributed by atoms with Crippen LogP contribution in [0.25, 0.3) is 30.3 Å². The van der Waals surface area contributed by atoms with Gasteiger partial charge in [-0.1, -0.05) is 127 Å². The number of carbonyl (C=O) groups excluding carboxylic acids is 2. The van der Waals surface area contributed by atoms with Crippen molar-refractivity contribution < 1.29 is 97.4 Å². The maximum atomic E-state index is 13.9. The van der Waals surface area contributed by atoms with E-state index in [4.69, 9.17) is 0 Å². The summed E-state index contributed by atoms with van der Waals surface area (Å²) in [6, 6.07) is 48.5. The molecular formula is C70H48F12N4O10S6. The first kappa shape index (κ1) is 74.6. The number of amides is 1. The predicted octanol–water partition coefficient (Wildman–Crippen LogP) is 18.2. The van der Waals surface area contributed by atoms with Gasteiger partial charge in [0.2, 0.25) is 0 Å². The SMILES string of the molecule is CNC(=O)c1c(N(Cc2ccc(F)c(C(F)(F)F)c2)S(=O)(=O)c2ccccc2)sc2ccccc12.O=C(O)c1c(N(Cc2ccc(F)c(C(F)(F)F)c2)S(=O)(=O)c2ccccc2)sc2ccccc12.O=Cc1c(N(Cc2ccc(F)c(C(F)(F)F)c2)S(=O)(=O)c2ccccc2)sc2ccccc12. The summed E-state index contributed by atoms with van der Waals surface area (Å²) in [5.74, 6) is -6.37. The average molecular weight is 1530 g/mol. The topological polar surface area (TPSA) is 196 Å². The number of carbonyl (C=O) groups is 3. The number of thiophene rings is 3. The van der Waals surface area contributed by atoms with Gasteiger partial charge in [0.1, 0.15) is 38.0 Å². The van der Waals surface area contributed by atoms with E-state index in [0.717, 1.165) is 65.1 Å². The molecule has 0 saturated carbocycles. The third-order valence-corrected chi connectivity index (χ3v) is 24.4. The van der Waals surface area contributed by atoms with Crippen molar-refractivity contribution in [3.63, 3.8) is 0 Å². The molecule has 102 heavy (non-hydrogen) atoms. The highest BCUT2D eigenvalue weighted by Gasteiger charge is 2.40. The predicted molar refractivity (Wildman–Crippen MR) is 365 cm³/mol. The highest BCUT2D eigenvalue weighted by Crippen LogP contribution is 2.46. The molecule has 12 aromatic rings. The van der Waals surface area contributed by atoms with Crippen molar-refractivity contribution in [3.8, 4) is 0 Å². The molecule has 0 atom stereocenters. The van der Waals surface area contributed by atoms with Crippen LogP contribution < -0.4 is 18.2 Å². The molecule has 0 aliphatic carbocycles. The van der Waals surface area contributed by atoms with Gasteiger partial charge in [-0.05, 0) is 108 Å². The van der Waals surface area contributed by atoms with Crippen LogP contribution in [0.4, 0.5) is 67.7 Å². The van der Waals surface area contributed by atoms with Gasteiger partial charge in [-0.25, -0.2) is 43.2 Å². The molecule has 9 aromatic carbocycles. The molecule has 3 heterocycles. The molecule has 14 nitrogen and oxygen atoms in total. The quantitative estimate of drug-likeness (QED) is 0.0616. The fourth-order valence-electron chi connectivity index (χ4n) is 10.4. The molecule has 32 heteroatoms. The van der Waals surface area contributed by atoms with Crippen LogP contribution in [0.3, 0.4) is 0 Å². The minimum absolute atomic E-state index is 0.0345. The fraction of sp³-hybridized carbons (Fsp3) is 0.100. The van der Waals surface area contributed by atoms with Crippen LogP contribution in [-0.2, 0) is 68.2 Å². The lowest BCUT2D eigenvalue weighted by Crippen LogP contribution is -2.32. The van der Waals surface area contributed by atoms with Gasteiger partial charge in [0.25, 0.3) is 36.0 Å². The summed E-state index contributed by atoms with van der Waals surface area (Å²) in [5, 5.41) is 13.6. The summed E-state index contributed by atoms with van der Waals surface area (Å²) in [4.78, 5) is 36.5. The molecule has 0 saturated heterocycles. The third kappa shape index (κ3) is 15.8. The van der Waals surface area contributed by atoms with Crippen LogP contribution in [-0.4, -0.2) is 55.6 Å². The first-order valence-electron chi connectivity index (χ1n) is 29.4. The van der Waals surface area contributed by atoms with Gasteiger partial charge in [-0.3, -0.25) is 22.5 Å². The van der Waals surface area contributed by atoms with E-state index in [1.807, 2.05) is 0 Å². The molecule has 2 N–H and O–H groups in total. The maximum Gasteiger partial charge on any atom is 0.419 e. The number of benzene rings is 9. The molecule has 1 amide bonds. The molecule has 0 aliphatic heterocycles. The molecule has 0 spiro atoms. The first-order chi connectivity index (χ1) is 48.2. The molecule has 12 rings (SSSR count). The Morgan fingerprint density at radius 3 is 1.02 bits per heavy atom. The third-order valence-electron chi connectivity index (χ3n) is 15.2. The Balaban J connectivity index is 0.000000165. The zero-order chi connectivity index (χ0) is 73.9. The van der Waals surface area contributed by atoms with Crippen LogP contribution in [0.15, 0.2) is 233 Å². The van der Waals surface area contributed by atoms with E-state index in [9.17, 15) is 97.4 Å². The summed E-state index contributed by atoms with van der Waals surface area (Å²) in [6.45, 7) is -1.74. The summed E-state index contributed by atoms with van der Waals surface area (Å²) in [5.41, 5.74) is -5.01. The molecule has 0 fully saturated rings. The van der Waals surface area contributed by atoms with Crippen LogP contribution in [0.5, 0.6) is 0 Å². The molecule has 0 bridgehead atoms. The largest absolute Gasteiger partial charge is 0.478 e. The highest BCUT2D eigenvalue weighted by molar-refractivity contribution is 7.93. The Labute approximate surface area is 585 Å². The van der Waals surface area contributed by atoms with Gasteiger partial charge < -0.3 is 10.4 Å². The van der Waals surface area contributed by atoms with Crippen molar-refractivity contribution >= 4 is 128 Å². The minimum Gasteiger partial charge on any atom is -0.478 e. The summed E-state index contributed by atoms with van der Waals surface area (Å²) in [6.07, 6.45) is -14.4. The Bertz CT molecular complexity index is 5490. The highest BCUT2D eigenvalue weighted by atomic mass is 32.2. The number of rotatable bonds is 18. The Hall–Kier alpha value is -10.1. The van der Waals surface area contributed by atoms with Gasteiger partial charge >= 0.3 is 24.5 Å². The number of alkyl halides is 9. The smallest absolute Gasteiger partial charge is 0.419 e. The Kier molecular flexibility index (Phi) is 21.8. The molecule has 528 valence electrons. The van der Waals surface area contributed by atoms with E-state index >= 15 is 0 Å². The number of aromatic carboxylic acids is 1. The average Bonchev–Trinajstić information content (AvgIpc) is 1.57. The van der Waals surface area contributed by atoms with Crippen LogP contribution in [0.1, 0.15) is 64.5 Å². The molecule has 0 aliphatic rings. The van der Waals surface area contributed by atoms with Crippen LogP contribution >= 0.6 is 34.0 Å². The van der Waals surface area contributed by atoms with Gasteiger partial charge in [-0.2, -0.15) is 39.5 Å². The number of anilines is 3. The van der Waals surface area contributed by atoms with Gasteiger partial charge in [0.05, 0.1) is 62.1 Å². The van der Waals surface area contributed by atoms with Crippen molar-refractivity contribution in [2.45, 2.75) is 52.8 Å². The second kappa shape index (κ2) is 29.8. The molecule has 0 radical (unpaired) electrons. The molecular weight excluding hydrogens is 1480 g/mol. The number of aldehydes is 1. The Morgan fingerprint density at radius 1 is 0.412 bits per heavy atom. The summed E-state index contributed by atoms with van der Waals surface area (Å²) < 4.78 is 247.